The molecule has 0 bridgehead atoms. The minimum Gasteiger partial charge on any atom is -0.117 e. The van der Waals surface area contributed by atoms with Crippen molar-refractivity contribution in [2.75, 3.05) is 0 Å². The summed E-state index contributed by atoms with van der Waals surface area (Å²) in [5.41, 5.74) is 1.49. The summed E-state index contributed by atoms with van der Waals surface area (Å²) in [6.07, 6.45) is 5.27. The van der Waals surface area contributed by atoms with Crippen molar-refractivity contribution in [2.45, 2.75) is 36.5 Å². The molecule has 97 valence electrons. The summed E-state index contributed by atoms with van der Waals surface area (Å²) in [6, 6.07) is 21.8. The van der Waals surface area contributed by atoms with Crippen LogP contribution < -0.4 is 0 Å². The SMILES string of the molecule is c1ccc(S[C]2CCCCC2c2ccccc2)cc1. The monoisotopic (exact) mass is 267 g/mol. The second-order valence-corrected chi connectivity index (χ2v) is 6.29. The molecule has 1 unspecified atom stereocenters. The molecule has 0 heterocycles. The van der Waals surface area contributed by atoms with Gasteiger partial charge in [0, 0.05) is 16.1 Å². The first-order valence-corrected chi connectivity index (χ1v) is 7.89. The first-order chi connectivity index (χ1) is 9.43. The highest BCUT2D eigenvalue weighted by Gasteiger charge is 2.27. The Balaban J connectivity index is 1.78. The Morgan fingerprint density at radius 1 is 0.789 bits per heavy atom. The molecule has 0 aliphatic heterocycles. The van der Waals surface area contributed by atoms with Gasteiger partial charge in [0.15, 0.2) is 0 Å². The average Bonchev–Trinajstić information content (AvgIpc) is 2.50. The highest BCUT2D eigenvalue weighted by molar-refractivity contribution is 8.02. The minimum absolute atomic E-state index is 0.639. The third kappa shape index (κ3) is 3.22. The predicted molar refractivity (Wildman–Crippen MR) is 83.2 cm³/mol. The Kier molecular flexibility index (Phi) is 4.24. The molecule has 0 aromatic heterocycles. The van der Waals surface area contributed by atoms with Crippen molar-refractivity contribution in [2.24, 2.45) is 0 Å². The molecule has 0 saturated heterocycles. The van der Waals surface area contributed by atoms with Crippen molar-refractivity contribution < 1.29 is 0 Å². The van der Waals surface area contributed by atoms with Crippen LogP contribution in [0.3, 0.4) is 0 Å². The lowest BCUT2D eigenvalue weighted by Crippen LogP contribution is -2.13. The van der Waals surface area contributed by atoms with Gasteiger partial charge in [0.05, 0.1) is 0 Å². The van der Waals surface area contributed by atoms with E-state index in [9.17, 15) is 0 Å². The van der Waals surface area contributed by atoms with Gasteiger partial charge >= 0.3 is 0 Å². The van der Waals surface area contributed by atoms with E-state index in [2.05, 4.69) is 60.7 Å². The lowest BCUT2D eigenvalue weighted by Gasteiger charge is -2.30. The van der Waals surface area contributed by atoms with Crippen molar-refractivity contribution in [3.05, 3.63) is 71.5 Å². The third-order valence-corrected chi connectivity index (χ3v) is 5.01. The molecule has 2 aromatic rings. The third-order valence-electron chi connectivity index (χ3n) is 3.75. The van der Waals surface area contributed by atoms with Crippen LogP contribution in [-0.4, -0.2) is 0 Å². The fourth-order valence-electron chi connectivity index (χ4n) is 2.78. The van der Waals surface area contributed by atoms with Crippen molar-refractivity contribution in [3.8, 4) is 0 Å². The van der Waals surface area contributed by atoms with Gasteiger partial charge in [-0.05, 0) is 30.5 Å². The first kappa shape index (κ1) is 12.8. The van der Waals surface area contributed by atoms with Crippen LogP contribution in [0.4, 0.5) is 0 Å². The van der Waals surface area contributed by atoms with E-state index in [0.29, 0.717) is 5.92 Å². The van der Waals surface area contributed by atoms with Crippen LogP contribution in [0.2, 0.25) is 0 Å². The van der Waals surface area contributed by atoms with Crippen molar-refractivity contribution >= 4 is 11.8 Å². The average molecular weight is 267 g/mol. The van der Waals surface area contributed by atoms with Gasteiger partial charge in [0.2, 0.25) is 0 Å². The van der Waals surface area contributed by atoms with Crippen LogP contribution in [0.25, 0.3) is 0 Å². The molecule has 1 atom stereocenters. The van der Waals surface area contributed by atoms with E-state index in [1.54, 1.807) is 5.25 Å². The maximum Gasteiger partial charge on any atom is 0.0431 e. The minimum atomic E-state index is 0.639. The zero-order valence-corrected chi connectivity index (χ0v) is 11.9. The van der Waals surface area contributed by atoms with Gasteiger partial charge in [-0.15, -0.1) is 11.8 Å². The molecular formula is C18H19S. The van der Waals surface area contributed by atoms with Crippen LogP contribution in [0.15, 0.2) is 65.6 Å². The predicted octanol–water partition coefficient (Wildman–Crippen LogP) is 5.67. The highest BCUT2D eigenvalue weighted by atomic mass is 32.2. The smallest absolute Gasteiger partial charge is 0.0431 e. The molecule has 1 aliphatic rings. The number of hydrogen-bond acceptors (Lipinski definition) is 1. The molecule has 1 radical (unpaired) electrons. The molecule has 3 rings (SSSR count). The Labute approximate surface area is 120 Å². The van der Waals surface area contributed by atoms with Crippen LogP contribution in [0.5, 0.6) is 0 Å². The maximum absolute atomic E-state index is 2.28. The topological polar surface area (TPSA) is 0 Å². The van der Waals surface area contributed by atoms with Crippen LogP contribution in [0, 0.1) is 5.25 Å². The molecule has 0 nitrogen and oxygen atoms in total. The molecule has 0 spiro atoms. The summed E-state index contributed by atoms with van der Waals surface area (Å²) in [6.45, 7) is 0. The summed E-state index contributed by atoms with van der Waals surface area (Å²) < 4.78 is 0. The van der Waals surface area contributed by atoms with Crippen molar-refractivity contribution in [1.29, 1.82) is 0 Å². The molecule has 2 aromatic carbocycles. The van der Waals surface area contributed by atoms with E-state index in [0.717, 1.165) is 0 Å². The second kappa shape index (κ2) is 6.29. The second-order valence-electron chi connectivity index (χ2n) is 5.09. The van der Waals surface area contributed by atoms with Crippen LogP contribution in [0.1, 0.15) is 37.2 Å². The molecule has 1 fully saturated rings. The fourth-order valence-corrected chi connectivity index (χ4v) is 4.02. The number of benzene rings is 2. The summed E-state index contributed by atoms with van der Waals surface area (Å²) in [7, 11) is 0. The van der Waals surface area contributed by atoms with Gasteiger partial charge in [-0.25, -0.2) is 0 Å². The summed E-state index contributed by atoms with van der Waals surface area (Å²) in [4.78, 5) is 1.38. The number of hydrogen-bond donors (Lipinski definition) is 0. The first-order valence-electron chi connectivity index (χ1n) is 7.07. The van der Waals surface area contributed by atoms with E-state index in [1.807, 2.05) is 11.8 Å². The molecule has 1 saturated carbocycles. The molecule has 0 N–H and O–H groups in total. The normalized spacial score (nSPS) is 20.3. The molecule has 1 aliphatic carbocycles. The Morgan fingerprint density at radius 2 is 1.47 bits per heavy atom. The standard InChI is InChI=1S/C18H19S/c1-3-9-15(10-4-1)17-13-7-8-14-18(17)19-16-11-5-2-6-12-16/h1-6,9-12,17H,7-8,13-14H2. The van der Waals surface area contributed by atoms with E-state index in [-0.39, 0.29) is 0 Å². The molecule has 1 heteroatoms. The quantitative estimate of drug-likeness (QED) is 0.690. The van der Waals surface area contributed by atoms with Crippen LogP contribution >= 0.6 is 11.8 Å². The van der Waals surface area contributed by atoms with Gasteiger partial charge < -0.3 is 0 Å². The zero-order valence-electron chi connectivity index (χ0n) is 11.1. The highest BCUT2D eigenvalue weighted by Crippen LogP contribution is 2.48. The summed E-state index contributed by atoms with van der Waals surface area (Å²) in [5, 5.41) is 1.64. The Hall–Kier alpha value is -1.21. The zero-order chi connectivity index (χ0) is 12.9. The van der Waals surface area contributed by atoms with Crippen LogP contribution in [-0.2, 0) is 0 Å². The van der Waals surface area contributed by atoms with E-state index in [1.165, 1.54) is 36.1 Å². The number of rotatable bonds is 3. The van der Waals surface area contributed by atoms with Gasteiger partial charge in [-0.3, -0.25) is 0 Å². The molecule has 0 amide bonds. The lowest BCUT2D eigenvalue weighted by atomic mass is 9.83. The van der Waals surface area contributed by atoms with Gasteiger partial charge in [0.1, 0.15) is 0 Å². The molecule has 19 heavy (non-hydrogen) atoms. The fraction of sp³-hybridized carbons (Fsp3) is 0.278. The van der Waals surface area contributed by atoms with E-state index in [4.69, 9.17) is 0 Å². The van der Waals surface area contributed by atoms with E-state index >= 15 is 0 Å². The van der Waals surface area contributed by atoms with Gasteiger partial charge in [0.25, 0.3) is 0 Å². The molecular weight excluding hydrogens is 248 g/mol. The largest absolute Gasteiger partial charge is 0.117 e. The van der Waals surface area contributed by atoms with Gasteiger partial charge in [-0.1, -0.05) is 61.4 Å². The summed E-state index contributed by atoms with van der Waals surface area (Å²) >= 11 is 1.98. The van der Waals surface area contributed by atoms with Gasteiger partial charge in [-0.2, -0.15) is 0 Å². The number of thioether (sulfide) groups is 1. The van der Waals surface area contributed by atoms with Crippen molar-refractivity contribution in [1.82, 2.24) is 0 Å². The van der Waals surface area contributed by atoms with E-state index < -0.39 is 0 Å². The Bertz CT molecular complexity index is 492. The lowest BCUT2D eigenvalue weighted by molar-refractivity contribution is 0.519. The Morgan fingerprint density at radius 3 is 2.21 bits per heavy atom. The summed E-state index contributed by atoms with van der Waals surface area (Å²) in [5.74, 6) is 0.639. The van der Waals surface area contributed by atoms with Crippen molar-refractivity contribution in [3.63, 3.8) is 0 Å². The maximum atomic E-state index is 2.28.